The molecule has 1 aromatic heterocycles. The number of carbonyl (C=O) groups is 2. The minimum atomic E-state index is -0.278. The highest BCUT2D eigenvalue weighted by Crippen LogP contribution is 2.17. The molecule has 0 unspecified atom stereocenters. The van der Waals surface area contributed by atoms with Gasteiger partial charge in [0.1, 0.15) is 6.54 Å². The first-order valence-electron chi connectivity index (χ1n) is 5.81. The molecule has 1 aromatic rings. The fourth-order valence-corrected chi connectivity index (χ4v) is 2.26. The van der Waals surface area contributed by atoms with Crippen LogP contribution in [0.25, 0.3) is 0 Å². The number of imidazole rings is 1. The van der Waals surface area contributed by atoms with E-state index < -0.39 is 0 Å². The molecule has 2 amide bonds. The molecule has 0 aromatic carbocycles. The van der Waals surface area contributed by atoms with Gasteiger partial charge >= 0.3 is 0 Å². The molecule has 0 radical (unpaired) electrons. The van der Waals surface area contributed by atoms with E-state index in [4.69, 9.17) is 17.3 Å². The zero-order valence-corrected chi connectivity index (χ0v) is 10.6. The lowest BCUT2D eigenvalue weighted by Crippen LogP contribution is -2.42. The second-order valence-corrected chi connectivity index (χ2v) is 4.72. The molecule has 1 fully saturated rings. The number of piperidine rings is 1. The van der Waals surface area contributed by atoms with Gasteiger partial charge in [-0.25, -0.2) is 4.98 Å². The summed E-state index contributed by atoms with van der Waals surface area (Å²) in [5.74, 6) is -0.400. The second-order valence-electron chi connectivity index (χ2n) is 4.38. The predicted octanol–water partition coefficient (Wildman–Crippen LogP) is 0.260. The van der Waals surface area contributed by atoms with Gasteiger partial charge in [-0.1, -0.05) is 0 Å². The summed E-state index contributed by atoms with van der Waals surface area (Å²) in [7, 11) is 0. The number of amides is 2. The Morgan fingerprint density at radius 3 is 2.61 bits per heavy atom. The fraction of sp³-hybridized carbons (Fsp3) is 0.545. The number of aromatic nitrogens is 2. The van der Waals surface area contributed by atoms with Gasteiger partial charge in [0.15, 0.2) is 0 Å². The highest BCUT2D eigenvalue weighted by molar-refractivity contribution is 6.28. The Kier molecular flexibility index (Phi) is 3.86. The van der Waals surface area contributed by atoms with E-state index in [0.717, 1.165) is 0 Å². The van der Waals surface area contributed by atoms with Crippen molar-refractivity contribution in [2.24, 2.45) is 11.7 Å². The van der Waals surface area contributed by atoms with E-state index in [0.29, 0.717) is 31.2 Å². The lowest BCUT2D eigenvalue weighted by molar-refractivity contribution is -0.135. The van der Waals surface area contributed by atoms with Crippen molar-refractivity contribution in [1.82, 2.24) is 14.5 Å². The van der Waals surface area contributed by atoms with Crippen molar-refractivity contribution in [3.05, 3.63) is 17.7 Å². The Bertz CT molecular complexity index is 452. The Labute approximate surface area is 110 Å². The largest absolute Gasteiger partial charge is 0.369 e. The van der Waals surface area contributed by atoms with Gasteiger partial charge in [-0.15, -0.1) is 0 Å². The summed E-state index contributed by atoms with van der Waals surface area (Å²) in [6, 6.07) is 0. The molecule has 2 heterocycles. The van der Waals surface area contributed by atoms with Crippen LogP contribution >= 0.6 is 11.6 Å². The molecule has 1 saturated heterocycles. The summed E-state index contributed by atoms with van der Waals surface area (Å²) < 4.78 is 1.59. The van der Waals surface area contributed by atoms with Crippen molar-refractivity contribution in [2.75, 3.05) is 13.1 Å². The van der Waals surface area contributed by atoms with Crippen molar-refractivity contribution in [2.45, 2.75) is 19.4 Å². The van der Waals surface area contributed by atoms with Crippen molar-refractivity contribution in [3.63, 3.8) is 0 Å². The summed E-state index contributed by atoms with van der Waals surface area (Å²) in [5.41, 5.74) is 5.25. The number of likely N-dealkylation sites (tertiary alicyclic amines) is 1. The number of halogens is 1. The lowest BCUT2D eigenvalue weighted by atomic mass is 9.96. The summed E-state index contributed by atoms with van der Waals surface area (Å²) in [6.07, 6.45) is 4.49. The zero-order valence-electron chi connectivity index (χ0n) is 9.88. The number of nitrogens with two attached hydrogens (primary N) is 1. The molecule has 0 bridgehead atoms. The van der Waals surface area contributed by atoms with Gasteiger partial charge in [0.2, 0.25) is 17.1 Å². The highest BCUT2D eigenvalue weighted by Gasteiger charge is 2.25. The van der Waals surface area contributed by atoms with Gasteiger partial charge in [0.05, 0.1) is 0 Å². The minimum Gasteiger partial charge on any atom is -0.369 e. The molecule has 2 N–H and O–H groups in total. The maximum Gasteiger partial charge on any atom is 0.242 e. The third-order valence-corrected chi connectivity index (χ3v) is 3.54. The van der Waals surface area contributed by atoms with Crippen LogP contribution in [0.1, 0.15) is 12.8 Å². The SMILES string of the molecule is NC(=O)C1CCN(C(=O)Cn2ccnc2Cl)CC1. The van der Waals surface area contributed by atoms with E-state index in [1.807, 2.05) is 0 Å². The van der Waals surface area contributed by atoms with Crippen LogP contribution in [0, 0.1) is 5.92 Å². The smallest absolute Gasteiger partial charge is 0.242 e. The molecular formula is C11H15ClN4O2. The number of carbonyl (C=O) groups excluding carboxylic acids is 2. The van der Waals surface area contributed by atoms with E-state index in [9.17, 15) is 9.59 Å². The predicted molar refractivity (Wildman–Crippen MR) is 65.7 cm³/mol. The number of primary amides is 1. The molecule has 98 valence electrons. The van der Waals surface area contributed by atoms with E-state index in [1.54, 1.807) is 21.9 Å². The van der Waals surface area contributed by atoms with Crippen LogP contribution in [0.3, 0.4) is 0 Å². The van der Waals surface area contributed by atoms with Gasteiger partial charge in [-0.05, 0) is 24.4 Å². The van der Waals surface area contributed by atoms with Crippen molar-refractivity contribution < 1.29 is 9.59 Å². The summed E-state index contributed by atoms with van der Waals surface area (Å²) in [6.45, 7) is 1.32. The second kappa shape index (κ2) is 5.39. The van der Waals surface area contributed by atoms with E-state index in [-0.39, 0.29) is 24.3 Å². The van der Waals surface area contributed by atoms with Crippen LogP contribution in [-0.4, -0.2) is 39.4 Å². The summed E-state index contributed by atoms with van der Waals surface area (Å²) >= 11 is 5.81. The minimum absolute atomic E-state index is 0.0159. The van der Waals surface area contributed by atoms with Gasteiger partial charge in [0, 0.05) is 31.4 Å². The van der Waals surface area contributed by atoms with Crippen molar-refractivity contribution >= 4 is 23.4 Å². The molecular weight excluding hydrogens is 256 g/mol. The Morgan fingerprint density at radius 2 is 2.11 bits per heavy atom. The first kappa shape index (κ1) is 12.9. The number of rotatable bonds is 3. The van der Waals surface area contributed by atoms with Crippen LogP contribution in [-0.2, 0) is 16.1 Å². The number of hydrogen-bond acceptors (Lipinski definition) is 3. The van der Waals surface area contributed by atoms with Crippen LogP contribution in [0.4, 0.5) is 0 Å². The molecule has 2 rings (SSSR count). The highest BCUT2D eigenvalue weighted by atomic mass is 35.5. The molecule has 1 aliphatic rings. The normalized spacial score (nSPS) is 16.8. The molecule has 0 spiro atoms. The van der Waals surface area contributed by atoms with Gasteiger partial charge in [-0.3, -0.25) is 9.59 Å². The topological polar surface area (TPSA) is 81.2 Å². The Hall–Kier alpha value is -1.56. The van der Waals surface area contributed by atoms with Gasteiger partial charge in [0.25, 0.3) is 0 Å². The zero-order chi connectivity index (χ0) is 13.1. The third kappa shape index (κ3) is 2.81. The maximum absolute atomic E-state index is 12.0. The first-order valence-corrected chi connectivity index (χ1v) is 6.19. The van der Waals surface area contributed by atoms with Crippen LogP contribution in [0.5, 0.6) is 0 Å². The average molecular weight is 271 g/mol. The van der Waals surface area contributed by atoms with E-state index >= 15 is 0 Å². The number of hydrogen-bond donors (Lipinski definition) is 1. The Balaban J connectivity index is 1.88. The summed E-state index contributed by atoms with van der Waals surface area (Å²) in [5, 5.41) is 0.301. The van der Waals surface area contributed by atoms with Crippen LogP contribution < -0.4 is 5.73 Å². The monoisotopic (exact) mass is 270 g/mol. The lowest BCUT2D eigenvalue weighted by Gasteiger charge is -2.30. The van der Waals surface area contributed by atoms with E-state index in [1.165, 1.54) is 0 Å². The van der Waals surface area contributed by atoms with E-state index in [2.05, 4.69) is 4.98 Å². The fourth-order valence-electron chi connectivity index (χ4n) is 2.09. The quantitative estimate of drug-likeness (QED) is 0.855. The first-order chi connectivity index (χ1) is 8.58. The number of nitrogens with zero attached hydrogens (tertiary/aromatic N) is 3. The van der Waals surface area contributed by atoms with Gasteiger partial charge in [-0.2, -0.15) is 0 Å². The molecule has 18 heavy (non-hydrogen) atoms. The molecule has 6 nitrogen and oxygen atoms in total. The molecule has 7 heteroatoms. The summed E-state index contributed by atoms with van der Waals surface area (Å²) in [4.78, 5) is 28.6. The third-order valence-electron chi connectivity index (χ3n) is 3.22. The molecule has 0 atom stereocenters. The van der Waals surface area contributed by atoms with Crippen molar-refractivity contribution in [3.8, 4) is 0 Å². The van der Waals surface area contributed by atoms with Crippen molar-refractivity contribution in [1.29, 1.82) is 0 Å². The molecule has 0 saturated carbocycles. The van der Waals surface area contributed by atoms with Crippen LogP contribution in [0.15, 0.2) is 12.4 Å². The molecule has 0 aliphatic carbocycles. The standard InChI is InChI=1S/C11H15ClN4O2/c12-11-14-3-6-16(11)7-9(17)15-4-1-8(2-5-15)10(13)18/h3,6,8H,1-2,4-5,7H2,(H2,13,18). The average Bonchev–Trinajstić information content (AvgIpc) is 2.75. The Morgan fingerprint density at radius 1 is 1.44 bits per heavy atom. The maximum atomic E-state index is 12.0. The van der Waals surface area contributed by atoms with Gasteiger partial charge < -0.3 is 15.2 Å². The molecule has 1 aliphatic heterocycles. The van der Waals surface area contributed by atoms with Crippen LogP contribution in [0.2, 0.25) is 5.28 Å².